The minimum Gasteiger partial charge on any atom is -0.496 e. The van der Waals surface area contributed by atoms with E-state index >= 15 is 0 Å². The number of likely N-dealkylation sites (tertiary alicyclic amines) is 1. The number of nitrogen functional groups attached to an aromatic ring is 1. The van der Waals surface area contributed by atoms with Gasteiger partial charge in [-0.2, -0.15) is 0 Å². The molecule has 1 aromatic carbocycles. The molecule has 6 nitrogen and oxygen atoms in total. The van der Waals surface area contributed by atoms with Crippen LogP contribution in [0.15, 0.2) is 12.1 Å². The Hall–Kier alpha value is -2.11. The summed E-state index contributed by atoms with van der Waals surface area (Å²) in [4.78, 5) is 13.9. The average Bonchev–Trinajstić information content (AvgIpc) is 2.49. The summed E-state index contributed by atoms with van der Waals surface area (Å²) in [7, 11) is 1.64. The second-order valence-electron chi connectivity index (χ2n) is 7.30. The molecule has 3 N–H and O–H groups in total. The summed E-state index contributed by atoms with van der Waals surface area (Å²) in [5, 5.41) is 3.49. The van der Waals surface area contributed by atoms with Crippen molar-refractivity contribution in [3.63, 3.8) is 0 Å². The molecule has 134 valence electrons. The van der Waals surface area contributed by atoms with Crippen LogP contribution >= 0.6 is 0 Å². The molecule has 1 heterocycles. The van der Waals surface area contributed by atoms with Crippen molar-refractivity contribution >= 4 is 17.5 Å². The summed E-state index contributed by atoms with van der Waals surface area (Å²) in [6.07, 6.45) is 1.49. The van der Waals surface area contributed by atoms with Crippen molar-refractivity contribution in [2.24, 2.45) is 0 Å². The van der Waals surface area contributed by atoms with Gasteiger partial charge in [-0.15, -0.1) is 0 Å². The number of carbonyl (C=O) groups is 1. The van der Waals surface area contributed by atoms with Crippen LogP contribution in [-0.4, -0.2) is 42.8 Å². The van der Waals surface area contributed by atoms with Crippen LogP contribution in [0, 0.1) is 6.92 Å². The summed E-state index contributed by atoms with van der Waals surface area (Å²) in [5.74, 6) is 0.790. The Labute approximate surface area is 144 Å². The van der Waals surface area contributed by atoms with Gasteiger partial charge >= 0.3 is 6.09 Å². The van der Waals surface area contributed by atoms with Crippen molar-refractivity contribution in [1.82, 2.24) is 4.90 Å². The third-order valence-electron chi connectivity index (χ3n) is 4.07. The van der Waals surface area contributed by atoms with Crippen LogP contribution in [-0.2, 0) is 4.74 Å². The molecule has 24 heavy (non-hydrogen) atoms. The first-order valence-corrected chi connectivity index (χ1v) is 8.38. The van der Waals surface area contributed by atoms with E-state index in [4.69, 9.17) is 15.2 Å². The number of benzene rings is 1. The Morgan fingerprint density at radius 2 is 1.92 bits per heavy atom. The first-order chi connectivity index (χ1) is 11.2. The normalized spacial score (nSPS) is 16.0. The SMILES string of the molecule is COc1cc(N)c(NC2CCN(C(=O)OC(C)(C)C)CC2)cc1C. The van der Waals surface area contributed by atoms with Crippen molar-refractivity contribution in [2.75, 3.05) is 31.2 Å². The lowest BCUT2D eigenvalue weighted by molar-refractivity contribution is 0.0210. The van der Waals surface area contributed by atoms with E-state index in [1.165, 1.54) is 0 Å². The fourth-order valence-electron chi connectivity index (χ4n) is 2.80. The number of piperidine rings is 1. The number of rotatable bonds is 3. The smallest absolute Gasteiger partial charge is 0.410 e. The Kier molecular flexibility index (Phi) is 5.47. The van der Waals surface area contributed by atoms with Gasteiger partial charge in [0.2, 0.25) is 0 Å². The van der Waals surface area contributed by atoms with Gasteiger partial charge in [-0.1, -0.05) is 0 Å². The van der Waals surface area contributed by atoms with E-state index in [1.54, 1.807) is 12.0 Å². The standard InChI is InChI=1S/C18H29N3O3/c1-12-10-15(14(19)11-16(12)23-5)20-13-6-8-21(9-7-13)17(22)24-18(2,3)4/h10-11,13,20H,6-9,19H2,1-5H3. The molecule has 0 aromatic heterocycles. The lowest BCUT2D eigenvalue weighted by atomic mass is 10.0. The fourth-order valence-corrected chi connectivity index (χ4v) is 2.80. The molecule has 1 fully saturated rings. The van der Waals surface area contributed by atoms with Gasteiger partial charge in [-0.05, 0) is 52.2 Å². The summed E-state index contributed by atoms with van der Waals surface area (Å²) < 4.78 is 10.7. The van der Waals surface area contributed by atoms with Crippen LogP contribution in [0.1, 0.15) is 39.2 Å². The van der Waals surface area contributed by atoms with E-state index in [-0.39, 0.29) is 6.09 Å². The first-order valence-electron chi connectivity index (χ1n) is 8.38. The average molecular weight is 335 g/mol. The van der Waals surface area contributed by atoms with Gasteiger partial charge < -0.3 is 25.4 Å². The molecule has 1 saturated heterocycles. The van der Waals surface area contributed by atoms with E-state index in [0.29, 0.717) is 24.8 Å². The number of ether oxygens (including phenoxy) is 2. The molecule has 1 amide bonds. The van der Waals surface area contributed by atoms with E-state index in [0.717, 1.165) is 29.8 Å². The lowest BCUT2D eigenvalue weighted by Gasteiger charge is -2.34. The molecule has 0 atom stereocenters. The van der Waals surface area contributed by atoms with Crippen LogP contribution < -0.4 is 15.8 Å². The molecule has 0 saturated carbocycles. The van der Waals surface area contributed by atoms with Crippen LogP contribution in [0.4, 0.5) is 16.2 Å². The summed E-state index contributed by atoms with van der Waals surface area (Å²) in [6.45, 7) is 9.01. The minimum atomic E-state index is -0.457. The first kappa shape index (κ1) is 18.2. The van der Waals surface area contributed by atoms with Crippen LogP contribution in [0.3, 0.4) is 0 Å². The maximum Gasteiger partial charge on any atom is 0.410 e. The Balaban J connectivity index is 1.92. The van der Waals surface area contributed by atoms with Crippen molar-refractivity contribution in [3.8, 4) is 5.75 Å². The van der Waals surface area contributed by atoms with Crippen molar-refractivity contribution in [1.29, 1.82) is 0 Å². The molecular formula is C18H29N3O3. The summed E-state index contributed by atoms with van der Waals surface area (Å²) in [6, 6.07) is 4.14. The zero-order valence-corrected chi connectivity index (χ0v) is 15.3. The molecular weight excluding hydrogens is 306 g/mol. The van der Waals surface area contributed by atoms with Gasteiger partial charge in [0.1, 0.15) is 11.4 Å². The maximum absolute atomic E-state index is 12.1. The number of carbonyl (C=O) groups excluding carboxylic acids is 1. The summed E-state index contributed by atoms with van der Waals surface area (Å²) in [5.41, 5.74) is 8.28. The highest BCUT2D eigenvalue weighted by atomic mass is 16.6. The quantitative estimate of drug-likeness (QED) is 0.828. The van der Waals surface area contributed by atoms with E-state index in [2.05, 4.69) is 5.32 Å². The fraction of sp³-hybridized carbons (Fsp3) is 0.611. The van der Waals surface area contributed by atoms with Gasteiger partial charge in [0, 0.05) is 25.2 Å². The molecule has 0 radical (unpaired) electrons. The van der Waals surface area contributed by atoms with Crippen molar-refractivity contribution in [3.05, 3.63) is 17.7 Å². The second kappa shape index (κ2) is 7.20. The Morgan fingerprint density at radius 1 is 1.29 bits per heavy atom. The van der Waals surface area contributed by atoms with E-state index < -0.39 is 5.60 Å². The van der Waals surface area contributed by atoms with Gasteiger partial charge in [0.15, 0.2) is 0 Å². The number of aryl methyl sites for hydroxylation is 1. The van der Waals surface area contributed by atoms with Crippen LogP contribution in [0.2, 0.25) is 0 Å². The molecule has 0 spiro atoms. The maximum atomic E-state index is 12.1. The highest BCUT2D eigenvalue weighted by Crippen LogP contribution is 2.30. The van der Waals surface area contributed by atoms with Gasteiger partial charge in [-0.3, -0.25) is 0 Å². The lowest BCUT2D eigenvalue weighted by Crippen LogP contribution is -2.44. The highest BCUT2D eigenvalue weighted by molar-refractivity contribution is 5.71. The van der Waals surface area contributed by atoms with Crippen molar-refractivity contribution < 1.29 is 14.3 Å². The zero-order valence-electron chi connectivity index (χ0n) is 15.3. The largest absolute Gasteiger partial charge is 0.496 e. The number of methoxy groups -OCH3 is 1. The number of hydrogen-bond acceptors (Lipinski definition) is 5. The minimum absolute atomic E-state index is 0.235. The van der Waals surface area contributed by atoms with Gasteiger partial charge in [0.25, 0.3) is 0 Å². The van der Waals surface area contributed by atoms with Crippen molar-refractivity contribution in [2.45, 2.75) is 52.2 Å². The van der Waals surface area contributed by atoms with E-state index in [9.17, 15) is 4.79 Å². The zero-order chi connectivity index (χ0) is 17.9. The number of anilines is 2. The molecule has 2 rings (SSSR count). The Bertz CT molecular complexity index is 588. The number of hydrogen-bond donors (Lipinski definition) is 2. The predicted octanol–water partition coefficient (Wildman–Crippen LogP) is 3.40. The number of nitrogens with one attached hydrogen (secondary N) is 1. The number of amides is 1. The topological polar surface area (TPSA) is 76.8 Å². The number of nitrogens with zero attached hydrogens (tertiary/aromatic N) is 1. The predicted molar refractivity (Wildman–Crippen MR) is 96.6 cm³/mol. The highest BCUT2D eigenvalue weighted by Gasteiger charge is 2.27. The second-order valence-corrected chi connectivity index (χ2v) is 7.30. The third-order valence-corrected chi connectivity index (χ3v) is 4.07. The Morgan fingerprint density at radius 3 is 2.46 bits per heavy atom. The molecule has 6 heteroatoms. The third kappa shape index (κ3) is 4.69. The molecule has 0 aliphatic carbocycles. The van der Waals surface area contributed by atoms with Crippen LogP contribution in [0.5, 0.6) is 5.75 Å². The molecule has 1 aromatic rings. The van der Waals surface area contributed by atoms with Gasteiger partial charge in [-0.25, -0.2) is 4.79 Å². The number of nitrogens with two attached hydrogens (primary N) is 1. The monoisotopic (exact) mass is 335 g/mol. The molecule has 1 aliphatic rings. The summed E-state index contributed by atoms with van der Waals surface area (Å²) >= 11 is 0. The van der Waals surface area contributed by atoms with Crippen LogP contribution in [0.25, 0.3) is 0 Å². The molecule has 0 unspecified atom stereocenters. The van der Waals surface area contributed by atoms with E-state index in [1.807, 2.05) is 39.8 Å². The molecule has 0 bridgehead atoms. The molecule has 1 aliphatic heterocycles. The van der Waals surface area contributed by atoms with Gasteiger partial charge in [0.05, 0.1) is 18.5 Å².